The van der Waals surface area contributed by atoms with Crippen molar-refractivity contribution in [1.29, 1.82) is 0 Å². The molecule has 0 aromatic heterocycles. The standard InChI is InChI=1S/C29H45NO8/c1-9-11-18(3)26(33)37-23-14-13-21(16-24(23)38-27(34)19(4)12-10-2)15-22(25(31)32)30-17-20(5)36-28(35)29(6,7)8/h13-14,16,18-20,22,30H,9-12,15,17H2,1-8H3,(H,31,32)/t18?,19?,20?,22-/m0/s1. The molecule has 0 aliphatic rings. The molecule has 0 amide bonds. The Balaban J connectivity index is 3.09. The molecule has 3 unspecified atom stereocenters. The van der Waals surface area contributed by atoms with Crippen molar-refractivity contribution < 1.29 is 38.5 Å². The Morgan fingerprint density at radius 3 is 1.89 bits per heavy atom. The van der Waals surface area contributed by atoms with Crippen LogP contribution in [0.25, 0.3) is 0 Å². The van der Waals surface area contributed by atoms with Gasteiger partial charge in [0, 0.05) is 6.54 Å². The maximum atomic E-state index is 12.6. The lowest BCUT2D eigenvalue weighted by atomic mass is 9.97. The summed E-state index contributed by atoms with van der Waals surface area (Å²) in [6, 6.07) is 3.70. The molecular formula is C29H45NO8. The Morgan fingerprint density at radius 1 is 0.895 bits per heavy atom. The number of ether oxygens (including phenoxy) is 3. The average molecular weight is 536 g/mol. The number of esters is 3. The maximum absolute atomic E-state index is 12.6. The summed E-state index contributed by atoms with van der Waals surface area (Å²) in [7, 11) is 0. The molecule has 1 aromatic carbocycles. The summed E-state index contributed by atoms with van der Waals surface area (Å²) in [6.07, 6.45) is 2.46. The van der Waals surface area contributed by atoms with E-state index in [1.807, 2.05) is 13.8 Å². The zero-order valence-corrected chi connectivity index (χ0v) is 24.1. The first-order valence-electron chi connectivity index (χ1n) is 13.4. The van der Waals surface area contributed by atoms with Crippen LogP contribution in [0, 0.1) is 17.3 Å². The van der Waals surface area contributed by atoms with Crippen molar-refractivity contribution in [1.82, 2.24) is 5.32 Å². The highest BCUT2D eigenvalue weighted by atomic mass is 16.6. The van der Waals surface area contributed by atoms with E-state index in [-0.39, 0.29) is 42.3 Å². The second-order valence-electron chi connectivity index (χ2n) is 11.0. The van der Waals surface area contributed by atoms with Crippen molar-refractivity contribution in [2.45, 2.75) is 99.6 Å². The molecule has 0 saturated carbocycles. The summed E-state index contributed by atoms with van der Waals surface area (Å²) in [4.78, 5) is 49.2. The largest absolute Gasteiger partial charge is 0.480 e. The number of aliphatic carboxylic acids is 1. The predicted octanol–water partition coefficient (Wildman–Crippen LogP) is 4.93. The van der Waals surface area contributed by atoms with Crippen molar-refractivity contribution >= 4 is 23.9 Å². The van der Waals surface area contributed by atoms with Gasteiger partial charge in [-0.1, -0.05) is 46.6 Å². The number of rotatable bonds is 15. The minimum Gasteiger partial charge on any atom is -0.480 e. The van der Waals surface area contributed by atoms with E-state index in [4.69, 9.17) is 14.2 Å². The van der Waals surface area contributed by atoms with Gasteiger partial charge in [0.25, 0.3) is 0 Å². The molecule has 0 aliphatic heterocycles. The van der Waals surface area contributed by atoms with E-state index < -0.39 is 35.5 Å². The van der Waals surface area contributed by atoms with Gasteiger partial charge in [-0.2, -0.15) is 0 Å². The monoisotopic (exact) mass is 535 g/mol. The fourth-order valence-corrected chi connectivity index (χ4v) is 3.56. The zero-order chi connectivity index (χ0) is 29.0. The molecule has 1 rings (SSSR count). The Kier molecular flexibility index (Phi) is 13.5. The van der Waals surface area contributed by atoms with E-state index in [1.165, 1.54) is 12.1 Å². The molecule has 0 fully saturated rings. The Bertz CT molecular complexity index is 952. The summed E-state index contributed by atoms with van der Waals surface area (Å²) in [5.41, 5.74) is -0.0979. The third-order valence-electron chi connectivity index (χ3n) is 5.99. The lowest BCUT2D eigenvalue weighted by Gasteiger charge is -2.23. The van der Waals surface area contributed by atoms with E-state index in [0.717, 1.165) is 12.8 Å². The van der Waals surface area contributed by atoms with Gasteiger partial charge < -0.3 is 24.6 Å². The zero-order valence-electron chi connectivity index (χ0n) is 24.1. The van der Waals surface area contributed by atoms with Gasteiger partial charge in [-0.15, -0.1) is 0 Å². The SMILES string of the molecule is CCCC(C)C(=O)Oc1ccc(C[C@H](NCC(C)OC(=O)C(C)(C)C)C(=O)O)cc1OC(=O)C(C)CCC. The summed E-state index contributed by atoms with van der Waals surface area (Å²) in [5.74, 6) is -2.83. The van der Waals surface area contributed by atoms with Crippen molar-refractivity contribution in [3.8, 4) is 11.5 Å². The van der Waals surface area contributed by atoms with Crippen LogP contribution in [0.1, 0.15) is 86.6 Å². The fraction of sp³-hybridized carbons (Fsp3) is 0.655. The van der Waals surface area contributed by atoms with Crippen molar-refractivity contribution in [3.05, 3.63) is 23.8 Å². The number of nitrogens with one attached hydrogen (secondary N) is 1. The first-order valence-corrected chi connectivity index (χ1v) is 13.4. The van der Waals surface area contributed by atoms with Crippen LogP contribution < -0.4 is 14.8 Å². The van der Waals surface area contributed by atoms with Gasteiger partial charge in [-0.05, 0) is 64.7 Å². The molecule has 2 N–H and O–H groups in total. The second kappa shape index (κ2) is 15.5. The number of hydrogen-bond donors (Lipinski definition) is 2. The molecule has 1 aromatic rings. The normalized spacial score (nSPS) is 14.6. The molecule has 214 valence electrons. The summed E-state index contributed by atoms with van der Waals surface area (Å²) in [6.45, 7) is 14.5. The first kappa shape index (κ1) is 33.1. The number of carbonyl (C=O) groups excluding carboxylic acids is 3. The summed E-state index contributed by atoms with van der Waals surface area (Å²) >= 11 is 0. The quantitative estimate of drug-likeness (QED) is 0.237. The number of carboxylic acids is 1. The van der Waals surface area contributed by atoms with Gasteiger partial charge in [0.1, 0.15) is 12.1 Å². The van der Waals surface area contributed by atoms with Gasteiger partial charge in [-0.25, -0.2) is 0 Å². The molecule has 0 radical (unpaired) electrons. The average Bonchev–Trinajstić information content (AvgIpc) is 2.82. The molecule has 38 heavy (non-hydrogen) atoms. The van der Waals surface area contributed by atoms with E-state index in [2.05, 4.69) is 5.32 Å². The fourth-order valence-electron chi connectivity index (χ4n) is 3.56. The predicted molar refractivity (Wildman–Crippen MR) is 144 cm³/mol. The molecule has 0 spiro atoms. The summed E-state index contributed by atoms with van der Waals surface area (Å²) < 4.78 is 16.6. The number of hydrogen-bond acceptors (Lipinski definition) is 8. The third kappa shape index (κ3) is 11.2. The van der Waals surface area contributed by atoms with Gasteiger partial charge in [-0.3, -0.25) is 19.2 Å². The smallest absolute Gasteiger partial charge is 0.321 e. The van der Waals surface area contributed by atoms with Crippen LogP contribution in [-0.2, 0) is 30.3 Å². The minimum atomic E-state index is -1.08. The highest BCUT2D eigenvalue weighted by Crippen LogP contribution is 2.31. The van der Waals surface area contributed by atoms with E-state index in [0.29, 0.717) is 18.4 Å². The van der Waals surface area contributed by atoms with E-state index in [1.54, 1.807) is 47.6 Å². The molecule has 0 saturated heterocycles. The topological polar surface area (TPSA) is 128 Å². The van der Waals surface area contributed by atoms with Crippen molar-refractivity contribution in [3.63, 3.8) is 0 Å². The lowest BCUT2D eigenvalue weighted by Crippen LogP contribution is -2.43. The summed E-state index contributed by atoms with van der Waals surface area (Å²) in [5, 5.41) is 12.7. The number of carbonyl (C=O) groups is 4. The molecule has 0 bridgehead atoms. The van der Waals surface area contributed by atoms with Crippen LogP contribution in [-0.4, -0.2) is 47.7 Å². The third-order valence-corrected chi connectivity index (χ3v) is 5.99. The van der Waals surface area contributed by atoms with Gasteiger partial charge in [0.2, 0.25) is 0 Å². The highest BCUT2D eigenvalue weighted by Gasteiger charge is 2.27. The maximum Gasteiger partial charge on any atom is 0.321 e. The number of carboxylic acid groups (broad SMARTS) is 1. The molecular weight excluding hydrogens is 490 g/mol. The van der Waals surface area contributed by atoms with E-state index >= 15 is 0 Å². The molecule has 9 heteroatoms. The lowest BCUT2D eigenvalue weighted by molar-refractivity contribution is -0.157. The molecule has 9 nitrogen and oxygen atoms in total. The van der Waals surface area contributed by atoms with E-state index in [9.17, 15) is 24.3 Å². The van der Waals surface area contributed by atoms with Crippen LogP contribution in [0.2, 0.25) is 0 Å². The van der Waals surface area contributed by atoms with Crippen LogP contribution in [0.3, 0.4) is 0 Å². The highest BCUT2D eigenvalue weighted by molar-refractivity contribution is 5.79. The van der Waals surface area contributed by atoms with Crippen LogP contribution >= 0.6 is 0 Å². The Morgan fingerprint density at radius 2 is 1.42 bits per heavy atom. The second-order valence-corrected chi connectivity index (χ2v) is 11.0. The van der Waals surface area contributed by atoms with Crippen LogP contribution in [0.5, 0.6) is 11.5 Å². The first-order chi connectivity index (χ1) is 17.7. The molecule has 0 aliphatic carbocycles. The Hall–Kier alpha value is -2.94. The van der Waals surface area contributed by atoms with Crippen LogP contribution in [0.15, 0.2) is 18.2 Å². The van der Waals surface area contributed by atoms with Crippen molar-refractivity contribution in [2.75, 3.05) is 6.54 Å². The Labute approximate surface area is 226 Å². The van der Waals surface area contributed by atoms with Crippen molar-refractivity contribution in [2.24, 2.45) is 17.3 Å². The van der Waals surface area contributed by atoms with Gasteiger partial charge >= 0.3 is 23.9 Å². The minimum absolute atomic E-state index is 0.0603. The molecule has 0 heterocycles. The van der Waals surface area contributed by atoms with Crippen LogP contribution in [0.4, 0.5) is 0 Å². The van der Waals surface area contributed by atoms with Gasteiger partial charge in [0.15, 0.2) is 11.5 Å². The van der Waals surface area contributed by atoms with Gasteiger partial charge in [0.05, 0.1) is 17.3 Å². The number of benzene rings is 1. The molecule has 4 atom stereocenters.